The summed E-state index contributed by atoms with van der Waals surface area (Å²) in [6.07, 6.45) is 0.148. The number of hydrogen-bond donors (Lipinski definition) is 3. The maximum absolute atomic E-state index is 9.21. The van der Waals surface area contributed by atoms with E-state index in [4.69, 9.17) is 9.84 Å². The zero-order chi connectivity index (χ0) is 13.5. The Bertz CT molecular complexity index is 380. The number of nitrogens with one attached hydrogen (secondary N) is 1. The van der Waals surface area contributed by atoms with Gasteiger partial charge in [0.2, 0.25) is 0 Å². The first-order valence-corrected chi connectivity index (χ1v) is 6.22. The summed E-state index contributed by atoms with van der Waals surface area (Å²) in [5.41, 5.74) is 3.53. The van der Waals surface area contributed by atoms with Crippen LogP contribution in [0.5, 0.6) is 5.75 Å². The van der Waals surface area contributed by atoms with E-state index in [9.17, 15) is 5.11 Å². The molecule has 0 fully saturated rings. The van der Waals surface area contributed by atoms with E-state index < -0.39 is 6.10 Å². The van der Waals surface area contributed by atoms with Crippen molar-refractivity contribution in [1.29, 1.82) is 0 Å². The maximum atomic E-state index is 9.21. The molecule has 18 heavy (non-hydrogen) atoms. The van der Waals surface area contributed by atoms with Gasteiger partial charge in [0, 0.05) is 6.54 Å². The van der Waals surface area contributed by atoms with Gasteiger partial charge in [-0.3, -0.25) is 0 Å². The van der Waals surface area contributed by atoms with Crippen LogP contribution >= 0.6 is 0 Å². The Morgan fingerprint density at radius 1 is 1.33 bits per heavy atom. The lowest BCUT2D eigenvalue weighted by atomic mass is 10.0. The Hall–Kier alpha value is -1.10. The van der Waals surface area contributed by atoms with E-state index in [2.05, 4.69) is 24.4 Å². The first-order chi connectivity index (χ1) is 8.58. The van der Waals surface area contributed by atoms with Gasteiger partial charge < -0.3 is 20.3 Å². The van der Waals surface area contributed by atoms with Crippen LogP contribution in [0.3, 0.4) is 0 Å². The third kappa shape index (κ3) is 4.29. The van der Waals surface area contributed by atoms with Crippen LogP contribution in [0.2, 0.25) is 0 Å². The van der Waals surface area contributed by atoms with Gasteiger partial charge in [-0.2, -0.15) is 0 Å². The molecule has 0 spiro atoms. The molecule has 3 N–H and O–H groups in total. The normalized spacial score (nSPS) is 12.5. The summed E-state index contributed by atoms with van der Waals surface area (Å²) in [5.74, 6) is 0.935. The number of aryl methyl sites for hydroxylation is 2. The molecule has 0 bridgehead atoms. The summed E-state index contributed by atoms with van der Waals surface area (Å²) in [5, 5.41) is 21.0. The quantitative estimate of drug-likeness (QED) is 0.629. The lowest BCUT2D eigenvalue weighted by Gasteiger charge is -2.14. The maximum Gasteiger partial charge on any atom is 0.125 e. The van der Waals surface area contributed by atoms with E-state index in [-0.39, 0.29) is 6.61 Å². The van der Waals surface area contributed by atoms with E-state index in [1.165, 1.54) is 11.1 Å². The van der Waals surface area contributed by atoms with Gasteiger partial charge in [0.05, 0.1) is 19.8 Å². The third-order valence-electron chi connectivity index (χ3n) is 2.86. The molecule has 0 aliphatic heterocycles. The zero-order valence-corrected chi connectivity index (χ0v) is 11.4. The van der Waals surface area contributed by atoms with Gasteiger partial charge in [0.1, 0.15) is 5.75 Å². The Kier molecular flexibility index (Phi) is 6.12. The second-order valence-electron chi connectivity index (χ2n) is 4.56. The summed E-state index contributed by atoms with van der Waals surface area (Å²) in [7, 11) is 1.68. The highest BCUT2D eigenvalue weighted by Gasteiger charge is 2.07. The Balaban J connectivity index is 2.56. The summed E-state index contributed by atoms with van der Waals surface area (Å²) in [6, 6.07) is 4.22. The molecule has 4 heteroatoms. The molecule has 0 saturated carbocycles. The van der Waals surface area contributed by atoms with Crippen molar-refractivity contribution in [2.75, 3.05) is 26.8 Å². The standard InChI is InChI=1S/C14H23NO3/c1-10-6-11(2)14(18-3)12(7-10)4-5-15-8-13(17)9-16/h6-7,13,15-17H,4-5,8-9H2,1-3H3. The largest absolute Gasteiger partial charge is 0.496 e. The van der Waals surface area contributed by atoms with Crippen molar-refractivity contribution in [3.8, 4) is 5.75 Å². The van der Waals surface area contributed by atoms with Crippen LogP contribution in [0.1, 0.15) is 16.7 Å². The molecule has 4 nitrogen and oxygen atoms in total. The van der Waals surface area contributed by atoms with Crippen molar-refractivity contribution < 1.29 is 14.9 Å². The van der Waals surface area contributed by atoms with Crippen molar-refractivity contribution in [3.05, 3.63) is 28.8 Å². The monoisotopic (exact) mass is 253 g/mol. The molecule has 0 saturated heterocycles. The molecule has 102 valence electrons. The average molecular weight is 253 g/mol. The number of benzene rings is 1. The van der Waals surface area contributed by atoms with Gasteiger partial charge in [-0.25, -0.2) is 0 Å². The second kappa shape index (κ2) is 7.36. The fourth-order valence-electron chi connectivity index (χ4n) is 2.08. The van der Waals surface area contributed by atoms with E-state index in [0.29, 0.717) is 6.54 Å². The molecule has 0 amide bonds. The van der Waals surface area contributed by atoms with Gasteiger partial charge in [0.15, 0.2) is 0 Å². The van der Waals surface area contributed by atoms with Crippen LogP contribution in [0.25, 0.3) is 0 Å². The lowest BCUT2D eigenvalue weighted by Crippen LogP contribution is -2.30. The van der Waals surface area contributed by atoms with Crippen LogP contribution in [-0.2, 0) is 6.42 Å². The van der Waals surface area contributed by atoms with Crippen molar-refractivity contribution in [2.45, 2.75) is 26.4 Å². The average Bonchev–Trinajstić information content (AvgIpc) is 2.33. The Labute approximate surface area is 109 Å². The highest BCUT2D eigenvalue weighted by molar-refractivity contribution is 5.43. The number of methoxy groups -OCH3 is 1. The van der Waals surface area contributed by atoms with Gasteiger partial charge in [0.25, 0.3) is 0 Å². The molecule has 0 aliphatic rings. The van der Waals surface area contributed by atoms with Crippen LogP contribution in [-0.4, -0.2) is 43.1 Å². The zero-order valence-electron chi connectivity index (χ0n) is 11.4. The molecule has 0 heterocycles. The smallest absolute Gasteiger partial charge is 0.125 e. The summed E-state index contributed by atoms with van der Waals surface area (Å²) < 4.78 is 5.41. The second-order valence-corrected chi connectivity index (χ2v) is 4.56. The molecule has 1 aromatic rings. The summed E-state index contributed by atoms with van der Waals surface area (Å²) in [6.45, 7) is 5.05. The van der Waals surface area contributed by atoms with Crippen LogP contribution in [0.15, 0.2) is 12.1 Å². The predicted octanol–water partition coefficient (Wildman–Crippen LogP) is 0.797. The number of rotatable bonds is 7. The minimum absolute atomic E-state index is 0.208. The fourth-order valence-corrected chi connectivity index (χ4v) is 2.08. The van der Waals surface area contributed by atoms with Crippen molar-refractivity contribution in [3.63, 3.8) is 0 Å². The molecule has 1 rings (SSSR count). The SMILES string of the molecule is COc1c(C)cc(C)cc1CCNCC(O)CO. The molecule has 0 aliphatic carbocycles. The minimum atomic E-state index is -0.689. The van der Waals surface area contributed by atoms with Gasteiger partial charge in [-0.15, -0.1) is 0 Å². The molecule has 0 aromatic heterocycles. The third-order valence-corrected chi connectivity index (χ3v) is 2.86. The first-order valence-electron chi connectivity index (χ1n) is 6.22. The highest BCUT2D eigenvalue weighted by atomic mass is 16.5. The van der Waals surface area contributed by atoms with Gasteiger partial charge in [-0.1, -0.05) is 17.7 Å². The Morgan fingerprint density at radius 2 is 2.06 bits per heavy atom. The number of hydrogen-bond acceptors (Lipinski definition) is 4. The molecule has 1 atom stereocenters. The van der Waals surface area contributed by atoms with E-state index in [1.807, 2.05) is 6.92 Å². The van der Waals surface area contributed by atoms with Gasteiger partial charge >= 0.3 is 0 Å². The topological polar surface area (TPSA) is 61.7 Å². The van der Waals surface area contributed by atoms with E-state index in [1.54, 1.807) is 7.11 Å². The molecule has 1 unspecified atom stereocenters. The summed E-state index contributed by atoms with van der Waals surface area (Å²) in [4.78, 5) is 0. The van der Waals surface area contributed by atoms with E-state index in [0.717, 1.165) is 24.3 Å². The lowest BCUT2D eigenvalue weighted by molar-refractivity contribution is 0.0947. The van der Waals surface area contributed by atoms with Crippen molar-refractivity contribution >= 4 is 0 Å². The number of aliphatic hydroxyl groups excluding tert-OH is 2. The molecular weight excluding hydrogens is 230 g/mol. The molecule has 0 radical (unpaired) electrons. The summed E-state index contributed by atoms with van der Waals surface area (Å²) >= 11 is 0. The fraction of sp³-hybridized carbons (Fsp3) is 0.571. The Morgan fingerprint density at radius 3 is 2.67 bits per heavy atom. The number of ether oxygens (including phenoxy) is 1. The molecule has 1 aromatic carbocycles. The highest BCUT2D eigenvalue weighted by Crippen LogP contribution is 2.25. The van der Waals surface area contributed by atoms with Gasteiger partial charge in [-0.05, 0) is 37.9 Å². The number of aliphatic hydroxyl groups is 2. The van der Waals surface area contributed by atoms with Crippen LogP contribution in [0.4, 0.5) is 0 Å². The van der Waals surface area contributed by atoms with Crippen LogP contribution < -0.4 is 10.1 Å². The van der Waals surface area contributed by atoms with E-state index >= 15 is 0 Å². The first kappa shape index (κ1) is 15.0. The molecular formula is C14H23NO3. The van der Waals surface area contributed by atoms with Crippen molar-refractivity contribution in [1.82, 2.24) is 5.32 Å². The van der Waals surface area contributed by atoms with Crippen molar-refractivity contribution in [2.24, 2.45) is 0 Å². The van der Waals surface area contributed by atoms with Crippen LogP contribution in [0, 0.1) is 13.8 Å². The predicted molar refractivity (Wildman–Crippen MR) is 72.1 cm³/mol. The minimum Gasteiger partial charge on any atom is -0.496 e.